The molecule has 74 valence electrons. The minimum Gasteiger partial charge on any atom is -0.737 e. The number of nitrogens with two attached hydrogens (primary N) is 1. The highest BCUT2D eigenvalue weighted by atomic mass is 16.6. The first-order valence-corrected chi connectivity index (χ1v) is 4.00. The maximum Gasteiger partial charge on any atom is 0.220 e. The monoisotopic (exact) mass is 187 g/mol. The molecule has 2 N–H and O–H groups in total. The Morgan fingerprint density at radius 2 is 2.08 bits per heavy atom. The number of hydrazine groups is 1. The van der Waals surface area contributed by atoms with E-state index in [4.69, 9.17) is 5.73 Å². The first-order valence-electron chi connectivity index (χ1n) is 4.00. The number of amides is 1. The number of piperidine rings is 1. The van der Waals surface area contributed by atoms with E-state index in [0.717, 1.165) is 0 Å². The third kappa shape index (κ3) is 2.20. The average molecular weight is 187 g/mol. The summed E-state index contributed by atoms with van der Waals surface area (Å²) >= 11 is 0. The van der Waals surface area contributed by atoms with Gasteiger partial charge in [-0.3, -0.25) is 4.79 Å². The molecule has 1 saturated heterocycles. The van der Waals surface area contributed by atoms with E-state index in [9.17, 15) is 15.2 Å². The standard InChI is InChI=1S/C6H12N4O3/c7-6(11)5-1-3-9(4-2-5)10(13)8-12/h5,12H,1-4H2,(H2,7,11)/p-1/b10-8-. The molecule has 1 aliphatic rings. The van der Waals surface area contributed by atoms with Gasteiger partial charge in [-0.15, -0.1) is 5.01 Å². The molecule has 7 nitrogen and oxygen atoms in total. The van der Waals surface area contributed by atoms with Crippen molar-refractivity contribution >= 4 is 5.91 Å². The van der Waals surface area contributed by atoms with E-state index in [2.05, 4.69) is 5.28 Å². The van der Waals surface area contributed by atoms with Crippen LogP contribution >= 0.6 is 0 Å². The SMILES string of the molecule is NC(=O)C1CCN(/[N+]([O-])=N/[O-])CC1. The summed E-state index contributed by atoms with van der Waals surface area (Å²) in [5.74, 6) is -0.535. The summed E-state index contributed by atoms with van der Waals surface area (Å²) in [6.45, 7) is 0.700. The van der Waals surface area contributed by atoms with Gasteiger partial charge in [0.2, 0.25) is 5.91 Å². The van der Waals surface area contributed by atoms with Gasteiger partial charge in [0.25, 0.3) is 0 Å². The van der Waals surface area contributed by atoms with Crippen molar-refractivity contribution < 1.29 is 9.76 Å². The third-order valence-electron chi connectivity index (χ3n) is 2.19. The molecule has 0 aromatic carbocycles. The van der Waals surface area contributed by atoms with Crippen LogP contribution in [0.4, 0.5) is 0 Å². The number of primary amides is 1. The first-order chi connectivity index (χ1) is 6.15. The van der Waals surface area contributed by atoms with E-state index in [0.29, 0.717) is 25.9 Å². The molecule has 1 heterocycles. The number of hydrogen-bond donors (Lipinski definition) is 1. The van der Waals surface area contributed by atoms with Crippen molar-refractivity contribution in [2.45, 2.75) is 12.8 Å². The van der Waals surface area contributed by atoms with Crippen molar-refractivity contribution in [2.24, 2.45) is 16.9 Å². The number of carbonyl (C=O) groups is 1. The Hall–Kier alpha value is -1.53. The predicted molar refractivity (Wildman–Crippen MR) is 42.9 cm³/mol. The summed E-state index contributed by atoms with van der Waals surface area (Å²) in [4.78, 5) is 10.7. The molecular formula is C6H11N4O3-. The maximum absolute atomic E-state index is 10.7. The summed E-state index contributed by atoms with van der Waals surface area (Å²) in [5.41, 5.74) is 5.09. The smallest absolute Gasteiger partial charge is 0.220 e. The molecule has 0 aromatic heterocycles. The molecule has 0 radical (unpaired) electrons. The molecule has 0 atom stereocenters. The lowest BCUT2D eigenvalue weighted by atomic mass is 9.97. The van der Waals surface area contributed by atoms with Crippen LogP contribution in [0.15, 0.2) is 5.28 Å². The Morgan fingerprint density at radius 3 is 2.46 bits per heavy atom. The zero-order valence-electron chi connectivity index (χ0n) is 7.05. The predicted octanol–water partition coefficient (Wildman–Crippen LogP) is -0.441. The quantitative estimate of drug-likeness (QED) is 0.359. The zero-order chi connectivity index (χ0) is 9.84. The lowest BCUT2D eigenvalue weighted by Crippen LogP contribution is -2.41. The number of rotatable bonds is 2. The molecule has 0 saturated carbocycles. The summed E-state index contributed by atoms with van der Waals surface area (Å²) in [6.07, 6.45) is 1.01. The molecule has 1 aliphatic heterocycles. The van der Waals surface area contributed by atoms with E-state index in [-0.39, 0.29) is 16.8 Å². The van der Waals surface area contributed by atoms with Crippen molar-refractivity contribution in [3.63, 3.8) is 0 Å². The van der Waals surface area contributed by atoms with E-state index >= 15 is 0 Å². The van der Waals surface area contributed by atoms with Gasteiger partial charge in [-0.1, -0.05) is 0 Å². The minimum absolute atomic E-state index is 0.0111. The van der Waals surface area contributed by atoms with Crippen LogP contribution in [-0.4, -0.2) is 29.0 Å². The number of carbonyl (C=O) groups excluding carboxylic acids is 1. The lowest BCUT2D eigenvalue weighted by molar-refractivity contribution is -0.692. The normalized spacial score (nSPS) is 20.3. The maximum atomic E-state index is 10.7. The van der Waals surface area contributed by atoms with Crippen LogP contribution in [-0.2, 0) is 4.79 Å². The van der Waals surface area contributed by atoms with Crippen LogP contribution in [0.25, 0.3) is 0 Å². The van der Waals surface area contributed by atoms with E-state index in [1.54, 1.807) is 0 Å². The van der Waals surface area contributed by atoms with E-state index in [1.165, 1.54) is 5.01 Å². The molecule has 0 aliphatic carbocycles. The van der Waals surface area contributed by atoms with E-state index < -0.39 is 0 Å². The topological polar surface area (TPSA) is 108 Å². The van der Waals surface area contributed by atoms with Crippen LogP contribution in [0.2, 0.25) is 0 Å². The highest BCUT2D eigenvalue weighted by Crippen LogP contribution is 2.16. The molecule has 0 unspecified atom stereocenters. The van der Waals surface area contributed by atoms with Crippen molar-refractivity contribution in [3.8, 4) is 0 Å². The van der Waals surface area contributed by atoms with Gasteiger partial charge in [-0.05, 0) is 18.1 Å². The van der Waals surface area contributed by atoms with Crippen LogP contribution < -0.4 is 5.73 Å². The first kappa shape index (κ1) is 9.56. The Balaban J connectivity index is 2.43. The van der Waals surface area contributed by atoms with Gasteiger partial charge in [0.1, 0.15) is 0 Å². The molecular weight excluding hydrogens is 176 g/mol. The Kier molecular flexibility index (Phi) is 2.88. The van der Waals surface area contributed by atoms with Crippen molar-refractivity contribution in [1.82, 2.24) is 5.01 Å². The van der Waals surface area contributed by atoms with Crippen LogP contribution in [0.5, 0.6) is 0 Å². The molecule has 7 heteroatoms. The highest BCUT2D eigenvalue weighted by Gasteiger charge is 2.26. The molecule has 0 aromatic rings. The van der Waals surface area contributed by atoms with Gasteiger partial charge in [0.05, 0.1) is 13.1 Å². The van der Waals surface area contributed by atoms with Crippen LogP contribution in [0.1, 0.15) is 12.8 Å². The second-order valence-corrected chi connectivity index (χ2v) is 2.96. The molecule has 1 rings (SSSR count). The average Bonchev–Trinajstić information content (AvgIpc) is 2.17. The Bertz CT molecular complexity index is 222. The molecule has 13 heavy (non-hydrogen) atoms. The molecule has 0 bridgehead atoms. The fourth-order valence-electron chi connectivity index (χ4n) is 1.37. The van der Waals surface area contributed by atoms with Crippen molar-refractivity contribution in [3.05, 3.63) is 10.4 Å². The largest absolute Gasteiger partial charge is 0.737 e. The van der Waals surface area contributed by atoms with Crippen molar-refractivity contribution in [2.75, 3.05) is 13.1 Å². The van der Waals surface area contributed by atoms with Gasteiger partial charge in [-0.25, -0.2) is 0 Å². The van der Waals surface area contributed by atoms with Gasteiger partial charge in [-0.2, -0.15) is 0 Å². The van der Waals surface area contributed by atoms with Gasteiger partial charge >= 0.3 is 0 Å². The molecule has 1 amide bonds. The van der Waals surface area contributed by atoms with Crippen LogP contribution in [0, 0.1) is 16.3 Å². The van der Waals surface area contributed by atoms with Gasteiger partial charge in [0, 0.05) is 10.9 Å². The summed E-state index contributed by atoms with van der Waals surface area (Å²) in [6, 6.07) is 0. The summed E-state index contributed by atoms with van der Waals surface area (Å²) < 4.78 is 0. The highest BCUT2D eigenvalue weighted by molar-refractivity contribution is 5.76. The summed E-state index contributed by atoms with van der Waals surface area (Å²) in [7, 11) is 0. The fourth-order valence-corrected chi connectivity index (χ4v) is 1.37. The molecule has 1 fully saturated rings. The van der Waals surface area contributed by atoms with Gasteiger partial charge in [0.15, 0.2) is 0 Å². The number of nitrogens with zero attached hydrogens (tertiary/aromatic N) is 3. The zero-order valence-corrected chi connectivity index (χ0v) is 7.05. The van der Waals surface area contributed by atoms with Crippen molar-refractivity contribution in [1.29, 1.82) is 0 Å². The second-order valence-electron chi connectivity index (χ2n) is 2.96. The minimum atomic E-state index is -0.351. The fraction of sp³-hybridized carbons (Fsp3) is 0.833. The second kappa shape index (κ2) is 3.92. The molecule has 0 spiro atoms. The third-order valence-corrected chi connectivity index (χ3v) is 2.19. The lowest BCUT2D eigenvalue weighted by Gasteiger charge is -2.27. The van der Waals surface area contributed by atoms with E-state index in [1.807, 2.05) is 0 Å². The van der Waals surface area contributed by atoms with Gasteiger partial charge < -0.3 is 16.1 Å². The van der Waals surface area contributed by atoms with Crippen LogP contribution in [0.3, 0.4) is 0 Å². The number of hydrogen-bond acceptors (Lipinski definition) is 4. The Labute approximate surface area is 74.9 Å². The summed E-state index contributed by atoms with van der Waals surface area (Å²) in [5, 5.41) is 24.0. The Morgan fingerprint density at radius 1 is 1.54 bits per heavy atom.